The maximum atomic E-state index is 16.6. The van der Waals surface area contributed by atoms with Gasteiger partial charge in [0.25, 0.3) is 0 Å². The quantitative estimate of drug-likeness (QED) is 0.0149. The number of aliphatic carboxylic acids is 1. The molecule has 0 aromatic rings. The second-order valence-corrected chi connectivity index (χ2v) is 37.6. The lowest BCUT2D eigenvalue weighted by Gasteiger charge is -2.71. The van der Waals surface area contributed by atoms with Crippen LogP contribution in [0.25, 0.3) is 0 Å². The van der Waals surface area contributed by atoms with E-state index in [0.29, 0.717) is 19.3 Å². The van der Waals surface area contributed by atoms with Gasteiger partial charge < -0.3 is 197 Å². The van der Waals surface area contributed by atoms with E-state index in [0.717, 1.165) is 25.7 Å². The molecule has 48 atom stereocenters. The molecule has 0 amide bonds. The molecule has 12 fully saturated rings. The molecule has 8 aliphatic heterocycles. The highest BCUT2D eigenvalue weighted by atomic mass is 16.8. The Morgan fingerprint density at radius 1 is 0.452 bits per heavy atom. The van der Waals surface area contributed by atoms with E-state index in [1.165, 1.54) is 13.8 Å². The highest BCUT2D eigenvalue weighted by Gasteiger charge is 2.74. The number of fused-ring (bicyclic) bond motifs is 7. The van der Waals surface area contributed by atoms with Crippen molar-refractivity contribution in [2.45, 2.75) is 373 Å². The van der Waals surface area contributed by atoms with E-state index in [9.17, 15) is 126 Å². The van der Waals surface area contributed by atoms with Crippen LogP contribution in [0.15, 0.2) is 11.6 Å². The molecule has 8 saturated heterocycles. The van der Waals surface area contributed by atoms with Crippen LogP contribution in [0, 0.1) is 50.2 Å². The van der Waals surface area contributed by atoms with Crippen molar-refractivity contribution >= 4 is 30.2 Å². The van der Waals surface area contributed by atoms with Crippen LogP contribution >= 0.6 is 0 Å². The lowest BCUT2D eigenvalue weighted by Crippen LogP contribution is -2.70. The maximum absolute atomic E-state index is 16.6. The number of hydrogen-bond donors (Lipinski definition) is 21. The third-order valence-electron chi connectivity index (χ3n) is 29.5. The van der Waals surface area contributed by atoms with Gasteiger partial charge in [-0.05, 0) is 111 Å². The summed E-state index contributed by atoms with van der Waals surface area (Å²) in [5.74, 6) is -6.50. The first-order valence-electron chi connectivity index (χ1n) is 42.3. The first-order valence-corrected chi connectivity index (χ1v) is 42.3. The predicted molar refractivity (Wildman–Crippen MR) is 400 cm³/mol. The molecule has 13 rings (SSSR count). The van der Waals surface area contributed by atoms with Crippen molar-refractivity contribution in [2.75, 3.05) is 33.0 Å². The minimum atomic E-state index is -2.33. The molecule has 0 bridgehead atoms. The average Bonchev–Trinajstić information content (AvgIpc) is 0.668. The molecular formula is C80H124O44. The minimum Gasteiger partial charge on any atom is -0.479 e. The van der Waals surface area contributed by atoms with Crippen molar-refractivity contribution in [3.63, 3.8) is 0 Å². The summed E-state index contributed by atoms with van der Waals surface area (Å²) in [4.78, 5) is 69.8. The maximum Gasteiger partial charge on any atom is 0.335 e. The van der Waals surface area contributed by atoms with Gasteiger partial charge in [-0.25, -0.2) is 4.79 Å². The Labute approximate surface area is 711 Å². The van der Waals surface area contributed by atoms with Crippen LogP contribution in [-0.2, 0) is 109 Å². The third kappa shape index (κ3) is 17.6. The largest absolute Gasteiger partial charge is 0.479 e. The number of esters is 3. The number of aliphatic hydroxyl groups excluding tert-OH is 20. The number of rotatable bonds is 23. The summed E-state index contributed by atoms with van der Waals surface area (Å²) in [6.45, 7) is 12.8. The molecule has 44 heteroatoms. The number of carboxylic acids is 1. The lowest BCUT2D eigenvalue weighted by molar-refractivity contribution is -0.404. The van der Waals surface area contributed by atoms with E-state index in [2.05, 4.69) is 19.9 Å². The Bertz CT molecular complexity index is 3730. The Kier molecular flexibility index (Phi) is 29.5. The second kappa shape index (κ2) is 37.5. The molecule has 8 heterocycles. The van der Waals surface area contributed by atoms with E-state index in [1.54, 1.807) is 6.92 Å². The topological polar surface area (TPSA) is 676 Å². The minimum absolute atomic E-state index is 0.0227. The number of allylic oxidation sites excluding steroid dienone is 2. The first kappa shape index (κ1) is 97.4. The van der Waals surface area contributed by atoms with Crippen molar-refractivity contribution < 1.29 is 216 Å². The normalized spacial score (nSPS) is 52.7. The van der Waals surface area contributed by atoms with Crippen molar-refractivity contribution in [1.82, 2.24) is 0 Å². The Morgan fingerprint density at radius 3 is 1.46 bits per heavy atom. The van der Waals surface area contributed by atoms with Crippen LogP contribution in [0.2, 0.25) is 0 Å². The van der Waals surface area contributed by atoms with E-state index < -0.39 is 347 Å². The Hall–Kier alpha value is -4.11. The summed E-state index contributed by atoms with van der Waals surface area (Å²) >= 11 is 0. The molecule has 5 aliphatic carbocycles. The lowest BCUT2D eigenvalue weighted by atomic mass is 9.33. The standard InChI is InChI=1S/C80H124O44/c1-27-57(117-66-50(97)42(89)33(86)23-108-66)60(119-68-52(99)47(94)44(91)35(21-81)113-68)56(103)71(110-27)123-64-62(121-70-54(101)49(96)46(93)37(115-70)25-107-29(3)84)58(112-30(4)85)28(2)111-72(64)124-74(106)80-18-17-75(5,6)19-32(80)31-11-12-39-76(7)15-14-41(77(8,26-83)38(76)13-16-78(39,9)79(31,10)20-40(80)88)116-73-63(122-69-53(100)48(95)45(92)36(22-82)114-69)59(55(102)61(120-73)65(104)105)118-67-51(98)43(90)34(87)24-109-67/h11,26-28,32-64,66-73,81-82,86-103H,12-25H2,1-10H3,(H,104,105). The molecule has 13 aliphatic rings. The molecule has 124 heavy (non-hydrogen) atoms. The molecule has 708 valence electrons. The van der Waals surface area contributed by atoms with Crippen molar-refractivity contribution in [3.8, 4) is 0 Å². The number of carbonyl (C=O) groups excluding carboxylic acids is 4. The first-order chi connectivity index (χ1) is 58.2. The SMILES string of the molecule is CC(=O)OCC1OC(OC2C(OC(C)=O)C(C)OC(OC(=O)C34CCC(C)(C)CC3C3=CCC5C6(C)CCC(OC7OC(C(=O)O)C(O)C(OC8OCC(O)C(O)C8O)C7OC7OC(CO)C(O)C(O)C7O)C(C)(C=O)C6CCC5(C)C3(C)CC4O)C2OC2OC(C)C(OC3OCC(O)C(O)C3O)C(OC3OC(CO)C(O)C(O)C3O)C2O)C(O)C(O)C1O. The summed E-state index contributed by atoms with van der Waals surface area (Å²) in [5.41, 5.74) is -5.80. The molecule has 0 aromatic carbocycles. The van der Waals surface area contributed by atoms with Crippen LogP contribution < -0.4 is 0 Å². The molecule has 48 unspecified atom stereocenters. The van der Waals surface area contributed by atoms with E-state index >= 15 is 4.79 Å². The van der Waals surface area contributed by atoms with Crippen molar-refractivity contribution in [2.24, 2.45) is 50.2 Å². The Balaban J connectivity index is 0.834. The number of ether oxygens (including phenoxy) is 18. The van der Waals surface area contributed by atoms with Crippen LogP contribution in [0.1, 0.15) is 127 Å². The molecule has 0 radical (unpaired) electrons. The third-order valence-corrected chi connectivity index (χ3v) is 29.5. The predicted octanol–water partition coefficient (Wildman–Crippen LogP) is -8.02. The fourth-order valence-corrected chi connectivity index (χ4v) is 22.2. The Morgan fingerprint density at radius 2 is 0.927 bits per heavy atom. The average molecular weight is 1790 g/mol. The van der Waals surface area contributed by atoms with E-state index in [1.807, 2.05) is 20.8 Å². The highest BCUT2D eigenvalue weighted by molar-refractivity contribution is 5.80. The number of carboxylic acid groups (broad SMARTS) is 1. The fourth-order valence-electron chi connectivity index (χ4n) is 22.2. The summed E-state index contributed by atoms with van der Waals surface area (Å²) in [7, 11) is 0. The summed E-state index contributed by atoms with van der Waals surface area (Å²) in [6, 6.07) is 0. The van der Waals surface area contributed by atoms with Crippen LogP contribution in [0.5, 0.6) is 0 Å². The zero-order valence-corrected chi connectivity index (χ0v) is 70.2. The summed E-state index contributed by atoms with van der Waals surface area (Å²) in [5, 5.41) is 235. The molecule has 4 saturated carbocycles. The summed E-state index contributed by atoms with van der Waals surface area (Å²) < 4.78 is 110. The molecule has 44 nitrogen and oxygen atoms in total. The van der Waals surface area contributed by atoms with Gasteiger partial charge in [0.1, 0.15) is 171 Å². The van der Waals surface area contributed by atoms with Crippen molar-refractivity contribution in [3.05, 3.63) is 11.6 Å². The van der Waals surface area contributed by atoms with Gasteiger partial charge in [0, 0.05) is 13.8 Å². The monoisotopic (exact) mass is 1790 g/mol. The van der Waals surface area contributed by atoms with Gasteiger partial charge in [0.05, 0.1) is 56.3 Å². The van der Waals surface area contributed by atoms with Gasteiger partial charge >= 0.3 is 23.9 Å². The van der Waals surface area contributed by atoms with Crippen LogP contribution in [0.4, 0.5) is 0 Å². The molecule has 0 spiro atoms. The second-order valence-electron chi connectivity index (χ2n) is 37.6. The number of carbonyl (C=O) groups is 5. The number of aldehydes is 1. The van der Waals surface area contributed by atoms with Crippen LogP contribution in [0.3, 0.4) is 0 Å². The summed E-state index contributed by atoms with van der Waals surface area (Å²) in [6.07, 6.45) is -72.7. The molecule has 21 N–H and O–H groups in total. The number of hydrogen-bond acceptors (Lipinski definition) is 43. The van der Waals surface area contributed by atoms with Gasteiger partial charge in [-0.1, -0.05) is 53.2 Å². The van der Waals surface area contributed by atoms with E-state index in [4.69, 9.17) is 85.3 Å². The fraction of sp³-hybridized carbons (Fsp3) is 0.912. The zero-order valence-electron chi connectivity index (χ0n) is 70.2. The van der Waals surface area contributed by atoms with Gasteiger partial charge in [0.15, 0.2) is 62.3 Å². The molecular weight excluding hydrogens is 1660 g/mol. The van der Waals surface area contributed by atoms with Gasteiger partial charge in [0.2, 0.25) is 6.29 Å². The smallest absolute Gasteiger partial charge is 0.335 e. The van der Waals surface area contributed by atoms with E-state index in [-0.39, 0.29) is 44.4 Å². The van der Waals surface area contributed by atoms with Gasteiger partial charge in [-0.3, -0.25) is 14.4 Å². The zero-order chi connectivity index (χ0) is 90.8. The van der Waals surface area contributed by atoms with Gasteiger partial charge in [-0.2, -0.15) is 0 Å². The van der Waals surface area contributed by atoms with Gasteiger partial charge in [-0.15, -0.1) is 0 Å². The van der Waals surface area contributed by atoms with Crippen LogP contribution in [-0.4, -0.2) is 416 Å². The highest BCUT2D eigenvalue weighted by Crippen LogP contribution is 2.76. The number of aliphatic hydroxyl groups is 20. The molecule has 0 aromatic heterocycles. The van der Waals surface area contributed by atoms with Crippen molar-refractivity contribution in [1.29, 1.82) is 0 Å².